The minimum Gasteiger partial charge on any atom is -0.204 e. The first-order chi connectivity index (χ1) is 4.75. The zero-order valence-electron chi connectivity index (χ0n) is 5.40. The predicted molar refractivity (Wildman–Crippen MR) is 43.2 cm³/mol. The largest absolute Gasteiger partial charge is 0.204 e. The molecule has 0 unspecified atom stereocenters. The fourth-order valence-corrected chi connectivity index (χ4v) is 1.38. The van der Waals surface area contributed by atoms with Crippen LogP contribution in [0.15, 0.2) is 23.1 Å². The molecule has 0 aliphatic heterocycles. The first-order valence-corrected chi connectivity index (χ1v) is 4.34. The van der Waals surface area contributed by atoms with E-state index >= 15 is 0 Å². The topological polar surface area (TPSA) is 0 Å². The number of halogens is 2. The van der Waals surface area contributed by atoms with Gasteiger partial charge in [-0.1, -0.05) is 17.7 Å². The third-order valence-corrected chi connectivity index (χ3v) is 2.18. The third-order valence-electron chi connectivity index (χ3n) is 1.14. The molecule has 0 nitrogen and oxygen atoms in total. The van der Waals surface area contributed by atoms with Crippen molar-refractivity contribution in [2.24, 2.45) is 0 Å². The molecule has 0 atom stereocenters. The number of benzene rings is 1. The SMILES string of the molecule is CSc1cccc(Cl)c1F. The van der Waals surface area contributed by atoms with Crippen molar-refractivity contribution < 1.29 is 4.39 Å². The molecule has 0 heterocycles. The molecule has 0 aliphatic carbocycles. The van der Waals surface area contributed by atoms with E-state index in [4.69, 9.17) is 11.6 Å². The van der Waals surface area contributed by atoms with Crippen LogP contribution in [0.1, 0.15) is 0 Å². The van der Waals surface area contributed by atoms with E-state index in [0.29, 0.717) is 4.90 Å². The molecule has 0 saturated heterocycles. The maximum Gasteiger partial charge on any atom is 0.155 e. The minimum absolute atomic E-state index is 0.187. The lowest BCUT2D eigenvalue weighted by Crippen LogP contribution is -1.79. The van der Waals surface area contributed by atoms with E-state index in [2.05, 4.69) is 0 Å². The molecule has 0 amide bonds. The molecule has 10 heavy (non-hydrogen) atoms. The van der Waals surface area contributed by atoms with Gasteiger partial charge in [0.15, 0.2) is 5.82 Å². The fourth-order valence-electron chi connectivity index (χ4n) is 0.642. The van der Waals surface area contributed by atoms with E-state index in [1.807, 2.05) is 6.26 Å². The molecule has 1 aromatic rings. The van der Waals surface area contributed by atoms with Crippen molar-refractivity contribution in [3.8, 4) is 0 Å². The summed E-state index contributed by atoms with van der Waals surface area (Å²) < 4.78 is 12.8. The highest BCUT2D eigenvalue weighted by Gasteiger charge is 2.02. The highest BCUT2D eigenvalue weighted by atomic mass is 35.5. The Morgan fingerprint density at radius 2 is 2.20 bits per heavy atom. The smallest absolute Gasteiger partial charge is 0.155 e. The van der Waals surface area contributed by atoms with Crippen LogP contribution in [0.4, 0.5) is 4.39 Å². The van der Waals surface area contributed by atoms with Gasteiger partial charge in [0.1, 0.15) is 0 Å². The molecular formula is C7H6ClFS. The normalized spacial score (nSPS) is 9.90. The summed E-state index contributed by atoms with van der Waals surface area (Å²) in [5.41, 5.74) is 0. The molecule has 0 aromatic heterocycles. The summed E-state index contributed by atoms with van der Waals surface area (Å²) in [5.74, 6) is -0.323. The van der Waals surface area contributed by atoms with E-state index < -0.39 is 0 Å². The first-order valence-electron chi connectivity index (χ1n) is 2.73. The summed E-state index contributed by atoms with van der Waals surface area (Å²) in [6.07, 6.45) is 1.81. The minimum atomic E-state index is -0.323. The van der Waals surface area contributed by atoms with Gasteiger partial charge in [0.05, 0.1) is 5.02 Å². The van der Waals surface area contributed by atoms with E-state index in [1.54, 1.807) is 12.1 Å². The van der Waals surface area contributed by atoms with Crippen LogP contribution in [0.5, 0.6) is 0 Å². The van der Waals surface area contributed by atoms with Crippen LogP contribution in [0.2, 0.25) is 5.02 Å². The maximum absolute atomic E-state index is 12.8. The van der Waals surface area contributed by atoms with Gasteiger partial charge in [-0.25, -0.2) is 4.39 Å². The Morgan fingerprint density at radius 3 is 2.70 bits per heavy atom. The van der Waals surface area contributed by atoms with Gasteiger partial charge < -0.3 is 0 Å². The van der Waals surface area contributed by atoms with Crippen molar-refractivity contribution in [2.75, 3.05) is 6.26 Å². The average Bonchev–Trinajstić information content (AvgIpc) is 1.95. The second-order valence-corrected chi connectivity index (χ2v) is 3.01. The molecule has 0 bridgehead atoms. The molecular weight excluding hydrogens is 171 g/mol. The monoisotopic (exact) mass is 176 g/mol. The van der Waals surface area contributed by atoms with Crippen LogP contribution in [-0.2, 0) is 0 Å². The van der Waals surface area contributed by atoms with Gasteiger partial charge >= 0.3 is 0 Å². The van der Waals surface area contributed by atoms with E-state index in [9.17, 15) is 4.39 Å². The Hall–Kier alpha value is -0.210. The Morgan fingerprint density at radius 1 is 1.50 bits per heavy atom. The summed E-state index contributed by atoms with van der Waals surface area (Å²) in [5, 5.41) is 0.187. The molecule has 3 heteroatoms. The van der Waals surface area contributed by atoms with Gasteiger partial charge in [-0.2, -0.15) is 0 Å². The average molecular weight is 177 g/mol. The number of rotatable bonds is 1. The number of hydrogen-bond acceptors (Lipinski definition) is 1. The number of hydrogen-bond donors (Lipinski definition) is 0. The van der Waals surface area contributed by atoms with Crippen LogP contribution in [-0.4, -0.2) is 6.26 Å². The lowest BCUT2D eigenvalue weighted by molar-refractivity contribution is 0.602. The maximum atomic E-state index is 12.8. The van der Waals surface area contributed by atoms with Crippen molar-refractivity contribution in [1.82, 2.24) is 0 Å². The van der Waals surface area contributed by atoms with Gasteiger partial charge in [-0.3, -0.25) is 0 Å². The fraction of sp³-hybridized carbons (Fsp3) is 0.143. The van der Waals surface area contributed by atoms with Gasteiger partial charge in [0.2, 0.25) is 0 Å². The predicted octanol–water partition coefficient (Wildman–Crippen LogP) is 3.20. The van der Waals surface area contributed by atoms with Crippen LogP contribution < -0.4 is 0 Å². The summed E-state index contributed by atoms with van der Waals surface area (Å²) in [4.78, 5) is 0.590. The van der Waals surface area contributed by atoms with Crippen molar-refractivity contribution in [1.29, 1.82) is 0 Å². The molecule has 1 rings (SSSR count). The van der Waals surface area contributed by atoms with Crippen molar-refractivity contribution >= 4 is 23.4 Å². The Kier molecular flexibility index (Phi) is 2.57. The van der Waals surface area contributed by atoms with Crippen LogP contribution >= 0.6 is 23.4 Å². The van der Waals surface area contributed by atoms with E-state index in [0.717, 1.165) is 0 Å². The second-order valence-electron chi connectivity index (χ2n) is 1.76. The highest BCUT2D eigenvalue weighted by Crippen LogP contribution is 2.24. The van der Waals surface area contributed by atoms with Crippen molar-refractivity contribution in [2.45, 2.75) is 4.90 Å². The number of thioether (sulfide) groups is 1. The van der Waals surface area contributed by atoms with Gasteiger partial charge in [0.25, 0.3) is 0 Å². The molecule has 1 aromatic carbocycles. The molecule has 0 fully saturated rings. The Balaban J connectivity index is 3.14. The first kappa shape index (κ1) is 7.89. The van der Waals surface area contributed by atoms with E-state index in [-0.39, 0.29) is 10.8 Å². The van der Waals surface area contributed by atoms with Crippen LogP contribution in [0.25, 0.3) is 0 Å². The summed E-state index contributed by atoms with van der Waals surface area (Å²) in [6.45, 7) is 0. The zero-order chi connectivity index (χ0) is 7.56. The Labute approximate surface area is 68.4 Å². The van der Waals surface area contributed by atoms with Crippen LogP contribution in [0.3, 0.4) is 0 Å². The van der Waals surface area contributed by atoms with Crippen molar-refractivity contribution in [3.63, 3.8) is 0 Å². The van der Waals surface area contributed by atoms with Gasteiger partial charge in [0, 0.05) is 4.90 Å². The summed E-state index contributed by atoms with van der Waals surface area (Å²) in [6, 6.07) is 4.97. The standard InChI is InChI=1S/C7H6ClFS/c1-10-6-4-2-3-5(8)7(6)9/h2-4H,1H3. The molecule has 0 saturated carbocycles. The van der Waals surface area contributed by atoms with Crippen LogP contribution in [0, 0.1) is 5.82 Å². The summed E-state index contributed by atoms with van der Waals surface area (Å²) >= 11 is 6.85. The second kappa shape index (κ2) is 3.26. The Bertz CT molecular complexity index is 237. The zero-order valence-corrected chi connectivity index (χ0v) is 6.97. The van der Waals surface area contributed by atoms with E-state index in [1.165, 1.54) is 17.8 Å². The lowest BCUT2D eigenvalue weighted by atomic mass is 10.3. The summed E-state index contributed by atoms with van der Waals surface area (Å²) in [7, 11) is 0. The van der Waals surface area contributed by atoms with Gasteiger partial charge in [-0.05, 0) is 18.4 Å². The molecule has 0 radical (unpaired) electrons. The quantitative estimate of drug-likeness (QED) is 0.593. The van der Waals surface area contributed by atoms with Gasteiger partial charge in [-0.15, -0.1) is 11.8 Å². The lowest BCUT2D eigenvalue weighted by Gasteiger charge is -1.98. The molecule has 0 spiro atoms. The molecule has 54 valence electrons. The molecule has 0 N–H and O–H groups in total. The highest BCUT2D eigenvalue weighted by molar-refractivity contribution is 7.98. The molecule has 0 aliphatic rings. The third kappa shape index (κ3) is 1.44. The van der Waals surface area contributed by atoms with Crippen molar-refractivity contribution in [3.05, 3.63) is 29.0 Å².